The third-order valence-electron chi connectivity index (χ3n) is 4.22. The van der Waals surface area contributed by atoms with Crippen LogP contribution in [0.5, 0.6) is 0 Å². The number of rotatable bonds is 3. The predicted octanol–water partition coefficient (Wildman–Crippen LogP) is 6.38. The molecule has 146 valence electrons. The summed E-state index contributed by atoms with van der Waals surface area (Å²) in [5, 5.41) is 4.69. The van der Waals surface area contributed by atoms with Gasteiger partial charge in [0.1, 0.15) is 0 Å². The van der Waals surface area contributed by atoms with Crippen molar-refractivity contribution in [3.8, 4) is 11.3 Å². The van der Waals surface area contributed by atoms with Crippen molar-refractivity contribution >= 4 is 22.4 Å². The number of alkyl halides is 3. The average Bonchev–Trinajstić information content (AvgIpc) is 3.09. The number of anilines is 1. The topological polar surface area (TPSA) is 42.0 Å². The molecule has 1 heterocycles. The Labute approximate surface area is 165 Å². The number of halogens is 3. The van der Waals surface area contributed by atoms with Crippen molar-refractivity contribution in [1.29, 1.82) is 0 Å². The van der Waals surface area contributed by atoms with Gasteiger partial charge in [0.25, 0.3) is 5.91 Å². The number of aromatic nitrogens is 1. The van der Waals surface area contributed by atoms with Crippen LogP contribution in [0.2, 0.25) is 0 Å². The van der Waals surface area contributed by atoms with Gasteiger partial charge in [-0.1, -0.05) is 51.1 Å². The molecule has 0 aliphatic rings. The van der Waals surface area contributed by atoms with Crippen LogP contribution in [0.15, 0.2) is 53.9 Å². The lowest BCUT2D eigenvalue weighted by Gasteiger charge is -2.18. The Bertz CT molecular complexity index is 986. The lowest BCUT2D eigenvalue weighted by molar-refractivity contribution is -0.137. The van der Waals surface area contributed by atoms with E-state index in [0.29, 0.717) is 10.8 Å². The van der Waals surface area contributed by atoms with Crippen molar-refractivity contribution < 1.29 is 18.0 Å². The van der Waals surface area contributed by atoms with Crippen LogP contribution in [-0.2, 0) is 11.6 Å². The van der Waals surface area contributed by atoms with Gasteiger partial charge in [0.05, 0.1) is 11.3 Å². The van der Waals surface area contributed by atoms with Gasteiger partial charge in [0.15, 0.2) is 5.13 Å². The first-order valence-electron chi connectivity index (χ1n) is 8.59. The van der Waals surface area contributed by atoms with Crippen LogP contribution in [-0.4, -0.2) is 10.9 Å². The Kier molecular flexibility index (Phi) is 5.30. The fraction of sp³-hybridized carbons (Fsp3) is 0.238. The molecule has 0 aliphatic heterocycles. The molecule has 0 aliphatic carbocycles. The molecule has 3 aromatic rings. The van der Waals surface area contributed by atoms with Gasteiger partial charge in [-0.15, -0.1) is 11.3 Å². The minimum Gasteiger partial charge on any atom is -0.298 e. The van der Waals surface area contributed by atoms with Crippen LogP contribution >= 0.6 is 11.3 Å². The van der Waals surface area contributed by atoms with Crippen LogP contribution in [0.4, 0.5) is 18.3 Å². The molecule has 1 amide bonds. The molecule has 0 atom stereocenters. The van der Waals surface area contributed by atoms with E-state index >= 15 is 0 Å². The van der Waals surface area contributed by atoms with E-state index in [9.17, 15) is 18.0 Å². The van der Waals surface area contributed by atoms with Crippen LogP contribution in [0.1, 0.15) is 42.3 Å². The SMILES string of the molecule is CC(C)(C)c1ccc(-c2csc(NC(=O)c3cccc(C(F)(F)F)c3)n2)cc1. The fourth-order valence-electron chi connectivity index (χ4n) is 2.61. The Morgan fingerprint density at radius 1 is 1.00 bits per heavy atom. The molecule has 3 rings (SSSR count). The van der Waals surface area contributed by atoms with Crippen molar-refractivity contribution in [3.63, 3.8) is 0 Å². The summed E-state index contributed by atoms with van der Waals surface area (Å²) in [6, 6.07) is 12.3. The maximum absolute atomic E-state index is 12.8. The van der Waals surface area contributed by atoms with Crippen molar-refractivity contribution in [2.45, 2.75) is 32.4 Å². The number of hydrogen-bond donors (Lipinski definition) is 1. The molecule has 0 bridgehead atoms. The van der Waals surface area contributed by atoms with E-state index in [-0.39, 0.29) is 11.0 Å². The standard InChI is InChI=1S/C21H19F3N2OS/c1-20(2,3)15-9-7-13(8-10-15)17-12-28-19(25-17)26-18(27)14-5-4-6-16(11-14)21(22,23)24/h4-12H,1-3H3,(H,25,26,27). The average molecular weight is 404 g/mol. The second kappa shape index (κ2) is 7.39. The van der Waals surface area contributed by atoms with E-state index in [4.69, 9.17) is 0 Å². The first kappa shape index (κ1) is 20.1. The van der Waals surface area contributed by atoms with Crippen molar-refractivity contribution in [3.05, 3.63) is 70.6 Å². The van der Waals surface area contributed by atoms with Gasteiger partial charge in [0.2, 0.25) is 0 Å². The van der Waals surface area contributed by atoms with E-state index in [0.717, 1.165) is 17.7 Å². The summed E-state index contributed by atoms with van der Waals surface area (Å²) >= 11 is 1.22. The van der Waals surface area contributed by atoms with Gasteiger partial charge in [-0.25, -0.2) is 4.98 Å². The monoisotopic (exact) mass is 404 g/mol. The number of carbonyl (C=O) groups excluding carboxylic acids is 1. The number of nitrogens with one attached hydrogen (secondary N) is 1. The molecule has 28 heavy (non-hydrogen) atoms. The first-order chi connectivity index (χ1) is 13.0. The second-order valence-electron chi connectivity index (χ2n) is 7.40. The molecule has 0 fully saturated rings. The summed E-state index contributed by atoms with van der Waals surface area (Å²) in [5.41, 5.74) is 1.92. The molecule has 0 saturated carbocycles. The third-order valence-corrected chi connectivity index (χ3v) is 4.98. The molecule has 0 saturated heterocycles. The van der Waals surface area contributed by atoms with Crippen molar-refractivity contribution in [2.24, 2.45) is 0 Å². The van der Waals surface area contributed by atoms with E-state index in [1.807, 2.05) is 24.3 Å². The van der Waals surface area contributed by atoms with E-state index < -0.39 is 17.6 Å². The Hall–Kier alpha value is -2.67. The van der Waals surface area contributed by atoms with Gasteiger partial charge < -0.3 is 0 Å². The van der Waals surface area contributed by atoms with Crippen LogP contribution in [0.3, 0.4) is 0 Å². The molecule has 3 nitrogen and oxygen atoms in total. The summed E-state index contributed by atoms with van der Waals surface area (Å²) < 4.78 is 38.4. The summed E-state index contributed by atoms with van der Waals surface area (Å²) in [4.78, 5) is 16.7. The number of nitrogens with zero attached hydrogens (tertiary/aromatic N) is 1. The minimum atomic E-state index is -4.50. The van der Waals surface area contributed by atoms with Gasteiger partial charge in [-0.2, -0.15) is 13.2 Å². The highest BCUT2D eigenvalue weighted by molar-refractivity contribution is 7.14. The number of benzene rings is 2. The minimum absolute atomic E-state index is 0.0463. The number of thiazole rings is 1. The van der Waals surface area contributed by atoms with Gasteiger partial charge in [-0.3, -0.25) is 10.1 Å². The molecular weight excluding hydrogens is 385 g/mol. The number of amides is 1. The molecule has 1 N–H and O–H groups in total. The largest absolute Gasteiger partial charge is 0.416 e. The molecule has 0 unspecified atom stereocenters. The van der Waals surface area contributed by atoms with Crippen LogP contribution in [0.25, 0.3) is 11.3 Å². The highest BCUT2D eigenvalue weighted by Crippen LogP contribution is 2.31. The molecule has 0 spiro atoms. The van der Waals surface area contributed by atoms with Crippen molar-refractivity contribution in [2.75, 3.05) is 5.32 Å². The van der Waals surface area contributed by atoms with Crippen molar-refractivity contribution in [1.82, 2.24) is 4.98 Å². The second-order valence-corrected chi connectivity index (χ2v) is 8.26. The Morgan fingerprint density at radius 2 is 1.68 bits per heavy atom. The van der Waals surface area contributed by atoms with E-state index in [2.05, 4.69) is 31.1 Å². The zero-order valence-corrected chi connectivity index (χ0v) is 16.4. The summed E-state index contributed by atoms with van der Waals surface area (Å²) in [6.07, 6.45) is -4.50. The van der Waals surface area contributed by atoms with E-state index in [1.54, 1.807) is 5.38 Å². The molecule has 1 aromatic heterocycles. The summed E-state index contributed by atoms with van der Waals surface area (Å²) in [6.45, 7) is 6.39. The third kappa shape index (κ3) is 4.59. The van der Waals surface area contributed by atoms with Gasteiger partial charge in [0, 0.05) is 16.5 Å². The Morgan fingerprint density at radius 3 is 2.29 bits per heavy atom. The predicted molar refractivity (Wildman–Crippen MR) is 106 cm³/mol. The molecular formula is C21H19F3N2OS. The highest BCUT2D eigenvalue weighted by Gasteiger charge is 2.31. The smallest absolute Gasteiger partial charge is 0.298 e. The quantitative estimate of drug-likeness (QED) is 0.550. The number of hydrogen-bond acceptors (Lipinski definition) is 3. The summed E-state index contributed by atoms with van der Waals surface area (Å²) in [7, 11) is 0. The lowest BCUT2D eigenvalue weighted by atomic mass is 9.86. The maximum Gasteiger partial charge on any atom is 0.416 e. The molecule has 2 aromatic carbocycles. The lowest BCUT2D eigenvalue weighted by Crippen LogP contribution is -2.13. The zero-order chi connectivity index (χ0) is 20.5. The normalized spacial score (nSPS) is 12.1. The molecule has 7 heteroatoms. The van der Waals surface area contributed by atoms with Crippen LogP contribution < -0.4 is 5.32 Å². The zero-order valence-electron chi connectivity index (χ0n) is 15.6. The fourth-order valence-corrected chi connectivity index (χ4v) is 3.33. The summed E-state index contributed by atoms with van der Waals surface area (Å²) in [5.74, 6) is -0.630. The highest BCUT2D eigenvalue weighted by atomic mass is 32.1. The van der Waals surface area contributed by atoms with Crippen LogP contribution in [0, 0.1) is 0 Å². The Balaban J connectivity index is 1.75. The maximum atomic E-state index is 12.8. The van der Waals surface area contributed by atoms with Gasteiger partial charge in [-0.05, 0) is 29.2 Å². The molecule has 0 radical (unpaired) electrons. The van der Waals surface area contributed by atoms with Gasteiger partial charge >= 0.3 is 6.18 Å². The van der Waals surface area contributed by atoms with E-state index in [1.165, 1.54) is 29.0 Å². The number of carbonyl (C=O) groups is 1. The first-order valence-corrected chi connectivity index (χ1v) is 9.47.